The molecule has 162 valence electrons. The van der Waals surface area contributed by atoms with Crippen LogP contribution in [0.5, 0.6) is 5.75 Å². The van der Waals surface area contributed by atoms with Gasteiger partial charge in [0.15, 0.2) is 0 Å². The number of H-pyrrole nitrogens is 1. The van der Waals surface area contributed by atoms with Gasteiger partial charge >= 0.3 is 6.03 Å². The minimum atomic E-state index is -0.362. The van der Waals surface area contributed by atoms with E-state index in [0.29, 0.717) is 44.9 Å². The maximum atomic E-state index is 13.1. The fourth-order valence-corrected chi connectivity index (χ4v) is 3.71. The van der Waals surface area contributed by atoms with Gasteiger partial charge in [0.1, 0.15) is 18.2 Å². The van der Waals surface area contributed by atoms with Crippen molar-refractivity contribution in [1.29, 1.82) is 0 Å². The lowest BCUT2D eigenvalue weighted by Gasteiger charge is -2.34. The van der Waals surface area contributed by atoms with Crippen molar-refractivity contribution in [2.45, 2.75) is 6.42 Å². The number of hydrogen-bond donors (Lipinski definition) is 2. The summed E-state index contributed by atoms with van der Waals surface area (Å²) in [6.45, 7) is 2.54. The van der Waals surface area contributed by atoms with E-state index in [4.69, 9.17) is 4.74 Å². The molecule has 0 aliphatic carbocycles. The number of aromatic amines is 1. The van der Waals surface area contributed by atoms with Crippen molar-refractivity contribution < 1.29 is 18.7 Å². The van der Waals surface area contributed by atoms with Gasteiger partial charge in [0.25, 0.3) is 0 Å². The molecule has 0 radical (unpaired) electrons. The van der Waals surface area contributed by atoms with E-state index in [-0.39, 0.29) is 24.4 Å². The Labute approximate surface area is 179 Å². The zero-order valence-corrected chi connectivity index (χ0v) is 17.1. The molecule has 0 spiro atoms. The van der Waals surface area contributed by atoms with E-state index in [2.05, 4.69) is 10.3 Å². The fraction of sp³-hybridized carbons (Fsp3) is 0.304. The minimum absolute atomic E-state index is 0.0632. The van der Waals surface area contributed by atoms with Gasteiger partial charge < -0.3 is 24.8 Å². The van der Waals surface area contributed by atoms with Gasteiger partial charge in [-0.05, 0) is 23.8 Å². The highest BCUT2D eigenvalue weighted by Gasteiger charge is 2.24. The second kappa shape index (κ2) is 9.51. The number of fused-ring (bicyclic) bond motifs is 1. The molecule has 3 amide bonds. The largest absolute Gasteiger partial charge is 0.492 e. The van der Waals surface area contributed by atoms with E-state index in [1.54, 1.807) is 21.9 Å². The first-order valence-corrected chi connectivity index (χ1v) is 10.3. The van der Waals surface area contributed by atoms with Crippen LogP contribution >= 0.6 is 0 Å². The number of rotatable bonds is 6. The van der Waals surface area contributed by atoms with E-state index < -0.39 is 0 Å². The number of aromatic nitrogens is 1. The Morgan fingerprint density at radius 2 is 1.81 bits per heavy atom. The van der Waals surface area contributed by atoms with Crippen molar-refractivity contribution >= 4 is 22.8 Å². The van der Waals surface area contributed by atoms with Gasteiger partial charge in [0.2, 0.25) is 5.91 Å². The normalized spacial score (nSPS) is 14.0. The van der Waals surface area contributed by atoms with Gasteiger partial charge in [-0.25, -0.2) is 9.18 Å². The van der Waals surface area contributed by atoms with Crippen LogP contribution in [0, 0.1) is 5.82 Å². The molecule has 3 aromatic rings. The molecule has 0 saturated carbocycles. The molecular weight excluding hydrogens is 399 g/mol. The molecule has 1 aliphatic heterocycles. The van der Waals surface area contributed by atoms with E-state index >= 15 is 0 Å². The third-order valence-corrected chi connectivity index (χ3v) is 5.38. The number of para-hydroxylation sites is 1. The third-order valence-electron chi connectivity index (χ3n) is 5.38. The summed E-state index contributed by atoms with van der Waals surface area (Å²) in [4.78, 5) is 31.7. The van der Waals surface area contributed by atoms with E-state index in [9.17, 15) is 14.0 Å². The van der Waals surface area contributed by atoms with Gasteiger partial charge in [-0.2, -0.15) is 0 Å². The summed E-state index contributed by atoms with van der Waals surface area (Å²) in [5.41, 5.74) is 2.01. The zero-order valence-electron chi connectivity index (χ0n) is 17.1. The molecule has 31 heavy (non-hydrogen) atoms. The van der Waals surface area contributed by atoms with Crippen LogP contribution in [0.1, 0.15) is 5.56 Å². The Kier molecular flexibility index (Phi) is 6.35. The first-order valence-electron chi connectivity index (χ1n) is 10.3. The number of amides is 3. The van der Waals surface area contributed by atoms with Crippen molar-refractivity contribution in [3.8, 4) is 5.75 Å². The maximum Gasteiger partial charge on any atom is 0.317 e. The number of ether oxygens (including phenoxy) is 1. The SMILES string of the molecule is O=C(Cc1c[nH]c2ccccc12)N1CCN(C(=O)NCCOc2cccc(F)c2)CC1. The van der Waals surface area contributed by atoms with Crippen LogP contribution in [0.2, 0.25) is 0 Å². The number of hydrogen-bond acceptors (Lipinski definition) is 3. The Morgan fingerprint density at radius 3 is 2.61 bits per heavy atom. The molecular formula is C23H25FN4O3. The average Bonchev–Trinajstić information content (AvgIpc) is 3.19. The predicted octanol–water partition coefficient (Wildman–Crippen LogP) is 2.78. The second-order valence-corrected chi connectivity index (χ2v) is 7.44. The van der Waals surface area contributed by atoms with Crippen molar-refractivity contribution in [2.75, 3.05) is 39.3 Å². The van der Waals surface area contributed by atoms with Crippen molar-refractivity contribution in [1.82, 2.24) is 20.1 Å². The highest BCUT2D eigenvalue weighted by Crippen LogP contribution is 2.19. The molecule has 7 nitrogen and oxygen atoms in total. The number of carbonyl (C=O) groups excluding carboxylic acids is 2. The maximum absolute atomic E-state index is 13.1. The molecule has 2 N–H and O–H groups in total. The van der Waals surface area contributed by atoms with Gasteiger partial charge in [0.05, 0.1) is 13.0 Å². The Bertz CT molecular complexity index is 1060. The molecule has 8 heteroatoms. The average molecular weight is 424 g/mol. The number of nitrogens with one attached hydrogen (secondary N) is 2. The molecule has 2 heterocycles. The number of urea groups is 1. The predicted molar refractivity (Wildman–Crippen MR) is 115 cm³/mol. The van der Waals surface area contributed by atoms with Crippen LogP contribution in [0.25, 0.3) is 10.9 Å². The van der Waals surface area contributed by atoms with Gasteiger partial charge in [-0.3, -0.25) is 4.79 Å². The van der Waals surface area contributed by atoms with Crippen molar-refractivity contribution in [3.05, 3.63) is 66.1 Å². The molecule has 0 atom stereocenters. The lowest BCUT2D eigenvalue weighted by atomic mass is 10.1. The first-order chi connectivity index (χ1) is 15.1. The molecule has 1 fully saturated rings. The van der Waals surface area contributed by atoms with Gasteiger partial charge in [-0.1, -0.05) is 24.3 Å². The van der Waals surface area contributed by atoms with Crippen LogP contribution in [-0.2, 0) is 11.2 Å². The lowest BCUT2D eigenvalue weighted by molar-refractivity contribution is -0.131. The number of carbonyl (C=O) groups is 2. The first kappa shape index (κ1) is 20.7. The summed E-state index contributed by atoms with van der Waals surface area (Å²) in [5, 5.41) is 3.86. The molecule has 0 unspecified atom stereocenters. The lowest BCUT2D eigenvalue weighted by Crippen LogP contribution is -2.53. The van der Waals surface area contributed by atoms with Crippen LogP contribution in [0.15, 0.2) is 54.7 Å². The standard InChI is InChI=1S/C23H25FN4O3/c24-18-4-3-5-19(15-18)31-13-8-25-23(30)28-11-9-27(10-12-28)22(29)14-17-16-26-21-7-2-1-6-20(17)21/h1-7,15-16,26H,8-14H2,(H,25,30). The Morgan fingerprint density at radius 1 is 1.03 bits per heavy atom. The van der Waals surface area contributed by atoms with Crippen molar-refractivity contribution in [2.24, 2.45) is 0 Å². The molecule has 1 aliphatic rings. The summed E-state index contributed by atoms with van der Waals surface area (Å²) >= 11 is 0. The Balaban J connectivity index is 1.19. The van der Waals surface area contributed by atoms with Crippen LogP contribution in [0.3, 0.4) is 0 Å². The number of benzene rings is 2. The summed E-state index contributed by atoms with van der Waals surface area (Å²) < 4.78 is 18.5. The van der Waals surface area contributed by atoms with E-state index in [0.717, 1.165) is 16.5 Å². The molecule has 1 saturated heterocycles. The number of piperazine rings is 1. The number of nitrogens with zero attached hydrogens (tertiary/aromatic N) is 2. The summed E-state index contributed by atoms with van der Waals surface area (Å²) in [6, 6.07) is 13.6. The topological polar surface area (TPSA) is 77.7 Å². The zero-order chi connectivity index (χ0) is 21.6. The highest BCUT2D eigenvalue weighted by atomic mass is 19.1. The van der Waals surface area contributed by atoms with Crippen LogP contribution in [-0.4, -0.2) is 66.1 Å². The summed E-state index contributed by atoms with van der Waals surface area (Å²) in [5.74, 6) is 0.128. The number of halogens is 1. The second-order valence-electron chi connectivity index (χ2n) is 7.44. The molecule has 4 rings (SSSR count). The smallest absolute Gasteiger partial charge is 0.317 e. The van der Waals surface area contributed by atoms with Crippen LogP contribution in [0.4, 0.5) is 9.18 Å². The molecule has 2 aromatic carbocycles. The van der Waals surface area contributed by atoms with E-state index in [1.807, 2.05) is 30.5 Å². The highest BCUT2D eigenvalue weighted by molar-refractivity contribution is 5.89. The molecule has 1 aromatic heterocycles. The van der Waals surface area contributed by atoms with Crippen LogP contribution < -0.4 is 10.1 Å². The third kappa shape index (κ3) is 5.14. The van der Waals surface area contributed by atoms with Gasteiger partial charge in [-0.15, -0.1) is 0 Å². The minimum Gasteiger partial charge on any atom is -0.492 e. The summed E-state index contributed by atoms with van der Waals surface area (Å²) in [6.07, 6.45) is 2.23. The van der Waals surface area contributed by atoms with E-state index in [1.165, 1.54) is 12.1 Å². The quantitative estimate of drug-likeness (QED) is 0.598. The van der Waals surface area contributed by atoms with Gasteiger partial charge in [0, 0.05) is 49.3 Å². The summed E-state index contributed by atoms with van der Waals surface area (Å²) in [7, 11) is 0. The Hall–Kier alpha value is -3.55. The molecule has 0 bridgehead atoms. The monoisotopic (exact) mass is 424 g/mol. The van der Waals surface area contributed by atoms with Crippen molar-refractivity contribution in [3.63, 3.8) is 0 Å². The fourth-order valence-electron chi connectivity index (χ4n) is 3.71.